The van der Waals surface area contributed by atoms with E-state index in [4.69, 9.17) is 4.42 Å². The molecule has 0 N–H and O–H groups in total. The van der Waals surface area contributed by atoms with Crippen LogP contribution in [-0.2, 0) is 6.42 Å². The highest BCUT2D eigenvalue weighted by Gasteiger charge is 2.04. The van der Waals surface area contributed by atoms with E-state index in [0.717, 1.165) is 5.76 Å². The van der Waals surface area contributed by atoms with Crippen molar-refractivity contribution in [2.75, 3.05) is 0 Å². The normalized spacial score (nSPS) is 16.4. The topological polar surface area (TPSA) is 13.1 Å². The third-order valence-electron chi connectivity index (χ3n) is 1.87. The summed E-state index contributed by atoms with van der Waals surface area (Å²) in [4.78, 5) is 0. The molecule has 1 aromatic rings. The molecule has 0 radical (unpaired) electrons. The number of allylic oxidation sites excluding steroid dienone is 1. The average Bonchev–Trinajstić information content (AvgIpc) is 2.28. The molecule has 0 fully saturated rings. The van der Waals surface area contributed by atoms with Gasteiger partial charge in [-0.15, -0.1) is 0 Å². The average molecular weight is 134 g/mol. The summed E-state index contributed by atoms with van der Waals surface area (Å²) in [7, 11) is 0. The van der Waals surface area contributed by atoms with Crippen LogP contribution >= 0.6 is 0 Å². The van der Waals surface area contributed by atoms with E-state index in [-0.39, 0.29) is 0 Å². The second-order valence-electron chi connectivity index (χ2n) is 2.60. The molecule has 1 heterocycles. The van der Waals surface area contributed by atoms with Gasteiger partial charge < -0.3 is 4.42 Å². The summed E-state index contributed by atoms with van der Waals surface area (Å²) in [5.41, 5.74) is 1.36. The minimum Gasteiger partial charge on any atom is -0.465 e. The van der Waals surface area contributed by atoms with E-state index in [0.29, 0.717) is 0 Å². The number of rotatable bonds is 0. The Morgan fingerprint density at radius 1 is 1.40 bits per heavy atom. The van der Waals surface area contributed by atoms with Crippen LogP contribution in [0.25, 0.3) is 6.08 Å². The molecule has 0 aliphatic heterocycles. The van der Waals surface area contributed by atoms with E-state index in [2.05, 4.69) is 18.2 Å². The summed E-state index contributed by atoms with van der Waals surface area (Å²) in [6.45, 7) is 0. The van der Waals surface area contributed by atoms with Crippen molar-refractivity contribution < 1.29 is 4.42 Å². The Morgan fingerprint density at radius 2 is 2.40 bits per heavy atom. The maximum Gasteiger partial charge on any atom is 0.129 e. The fraction of sp³-hybridized carbons (Fsp3) is 0.333. The number of furan rings is 1. The van der Waals surface area contributed by atoms with Gasteiger partial charge in [0.15, 0.2) is 0 Å². The molecule has 1 aliphatic carbocycles. The fourth-order valence-corrected chi connectivity index (χ4v) is 1.30. The molecule has 0 unspecified atom stereocenters. The number of hydrogen-bond acceptors (Lipinski definition) is 1. The Hall–Kier alpha value is -0.980. The minimum absolute atomic E-state index is 1.05. The highest BCUT2D eigenvalue weighted by atomic mass is 16.3. The number of hydrogen-bond donors (Lipinski definition) is 0. The molecule has 0 saturated carbocycles. The van der Waals surface area contributed by atoms with Gasteiger partial charge in [0, 0.05) is 0 Å². The Morgan fingerprint density at radius 3 is 3.40 bits per heavy atom. The molecule has 1 nitrogen and oxygen atoms in total. The zero-order valence-corrected chi connectivity index (χ0v) is 5.84. The Kier molecular flexibility index (Phi) is 1.35. The zero-order valence-electron chi connectivity index (χ0n) is 5.84. The standard InChI is InChI=1S/C9H10O/c1-2-4-8-6-7-10-9(8)5-3-1/h3,5-7H,1-2,4H2. The van der Waals surface area contributed by atoms with Crippen molar-refractivity contribution in [3.8, 4) is 0 Å². The Labute approximate surface area is 60.4 Å². The van der Waals surface area contributed by atoms with Gasteiger partial charge in [0.2, 0.25) is 0 Å². The van der Waals surface area contributed by atoms with E-state index in [1.165, 1.54) is 24.8 Å². The van der Waals surface area contributed by atoms with Gasteiger partial charge in [0.05, 0.1) is 6.26 Å². The van der Waals surface area contributed by atoms with E-state index < -0.39 is 0 Å². The van der Waals surface area contributed by atoms with Gasteiger partial charge >= 0.3 is 0 Å². The van der Waals surface area contributed by atoms with E-state index in [9.17, 15) is 0 Å². The maximum atomic E-state index is 5.25. The van der Waals surface area contributed by atoms with Crippen molar-refractivity contribution in [1.82, 2.24) is 0 Å². The van der Waals surface area contributed by atoms with E-state index in [1.54, 1.807) is 6.26 Å². The minimum atomic E-state index is 1.05. The van der Waals surface area contributed by atoms with E-state index in [1.807, 2.05) is 0 Å². The van der Waals surface area contributed by atoms with Gasteiger partial charge in [0.25, 0.3) is 0 Å². The molecule has 1 aliphatic rings. The summed E-state index contributed by atoms with van der Waals surface area (Å²) in [5, 5.41) is 0. The van der Waals surface area contributed by atoms with Crippen molar-refractivity contribution >= 4 is 6.08 Å². The molecule has 0 atom stereocenters. The van der Waals surface area contributed by atoms with Gasteiger partial charge in [-0.3, -0.25) is 0 Å². The van der Waals surface area contributed by atoms with Gasteiger partial charge in [-0.25, -0.2) is 0 Å². The van der Waals surface area contributed by atoms with Crippen molar-refractivity contribution in [3.05, 3.63) is 29.7 Å². The van der Waals surface area contributed by atoms with Gasteiger partial charge in [-0.2, -0.15) is 0 Å². The van der Waals surface area contributed by atoms with Crippen molar-refractivity contribution in [2.24, 2.45) is 0 Å². The summed E-state index contributed by atoms with van der Waals surface area (Å²) in [6.07, 6.45) is 9.62. The smallest absolute Gasteiger partial charge is 0.129 e. The van der Waals surface area contributed by atoms with Crippen LogP contribution in [0.2, 0.25) is 0 Å². The summed E-state index contributed by atoms with van der Waals surface area (Å²) in [5.74, 6) is 1.05. The molecule has 2 rings (SSSR count). The van der Waals surface area contributed by atoms with Crippen LogP contribution in [0.15, 0.2) is 22.8 Å². The van der Waals surface area contributed by atoms with Crippen LogP contribution in [0.5, 0.6) is 0 Å². The highest BCUT2D eigenvalue weighted by molar-refractivity contribution is 5.48. The van der Waals surface area contributed by atoms with Crippen LogP contribution in [-0.4, -0.2) is 0 Å². The first-order valence-corrected chi connectivity index (χ1v) is 3.70. The highest BCUT2D eigenvalue weighted by Crippen LogP contribution is 2.18. The van der Waals surface area contributed by atoms with Crippen LogP contribution in [0.1, 0.15) is 24.2 Å². The lowest BCUT2D eigenvalue weighted by Crippen LogP contribution is -1.79. The lowest BCUT2D eigenvalue weighted by Gasteiger charge is -1.90. The molecule has 1 heteroatoms. The molecule has 0 spiro atoms. The predicted molar refractivity (Wildman–Crippen MR) is 40.7 cm³/mol. The monoisotopic (exact) mass is 134 g/mol. The van der Waals surface area contributed by atoms with Crippen molar-refractivity contribution in [1.29, 1.82) is 0 Å². The number of aryl methyl sites for hydroxylation is 1. The third-order valence-corrected chi connectivity index (χ3v) is 1.87. The summed E-state index contributed by atoms with van der Waals surface area (Å²) >= 11 is 0. The first kappa shape index (κ1) is 5.78. The zero-order chi connectivity index (χ0) is 6.81. The molecule has 0 amide bonds. The molecule has 0 bridgehead atoms. The van der Waals surface area contributed by atoms with Crippen LogP contribution < -0.4 is 0 Å². The van der Waals surface area contributed by atoms with Crippen LogP contribution in [0, 0.1) is 0 Å². The lowest BCUT2D eigenvalue weighted by atomic mass is 10.1. The first-order chi connectivity index (χ1) is 4.97. The summed E-state index contributed by atoms with van der Waals surface area (Å²) < 4.78 is 5.25. The second kappa shape index (κ2) is 2.33. The molecular weight excluding hydrogens is 124 g/mol. The van der Waals surface area contributed by atoms with E-state index >= 15 is 0 Å². The van der Waals surface area contributed by atoms with Crippen molar-refractivity contribution in [2.45, 2.75) is 19.3 Å². The quantitative estimate of drug-likeness (QED) is 0.531. The van der Waals surface area contributed by atoms with Gasteiger partial charge in [-0.1, -0.05) is 6.08 Å². The predicted octanol–water partition coefficient (Wildman–Crippen LogP) is 2.63. The first-order valence-electron chi connectivity index (χ1n) is 3.70. The molecule has 10 heavy (non-hydrogen) atoms. The largest absolute Gasteiger partial charge is 0.465 e. The molecule has 0 saturated heterocycles. The van der Waals surface area contributed by atoms with Crippen LogP contribution in [0.4, 0.5) is 0 Å². The van der Waals surface area contributed by atoms with Crippen molar-refractivity contribution in [3.63, 3.8) is 0 Å². The molecule has 1 aromatic heterocycles. The van der Waals surface area contributed by atoms with Gasteiger partial charge in [-0.05, 0) is 37.0 Å². The molecular formula is C9H10O. The number of fused-ring (bicyclic) bond motifs is 1. The molecule has 0 aromatic carbocycles. The summed E-state index contributed by atoms with van der Waals surface area (Å²) in [6, 6.07) is 2.06. The maximum absolute atomic E-state index is 5.25. The molecule has 52 valence electrons. The fourth-order valence-electron chi connectivity index (χ4n) is 1.30. The van der Waals surface area contributed by atoms with Gasteiger partial charge in [0.1, 0.15) is 5.76 Å². The Balaban J connectivity index is 2.42. The SMILES string of the molecule is C1=Cc2occc2CCC1. The second-order valence-corrected chi connectivity index (χ2v) is 2.60. The van der Waals surface area contributed by atoms with Crippen LogP contribution in [0.3, 0.4) is 0 Å². The lowest BCUT2D eigenvalue weighted by molar-refractivity contribution is 0.553. The third kappa shape index (κ3) is 0.878. The Bertz CT molecular complexity index is 245.